The average Bonchev–Trinajstić information content (AvgIpc) is 3.42. The standard InChI is InChI=1S/C30H26N2/c1-22-19-20-28-26(21-22)25-15-10-18-27(25)32(28)30-17-9-8-16-29(30)31(23-11-4-2-5-12-23)24-13-6-3-7-14-24/h2-9,11-14,16-17,19-21H,10,15,18H2,1H3. The van der Waals surface area contributed by atoms with Crippen molar-refractivity contribution >= 4 is 28.0 Å². The van der Waals surface area contributed by atoms with Crippen LogP contribution >= 0.6 is 0 Å². The molecule has 6 rings (SSSR count). The first-order valence-electron chi connectivity index (χ1n) is 11.4. The van der Waals surface area contributed by atoms with E-state index < -0.39 is 0 Å². The Morgan fingerprint density at radius 3 is 2.06 bits per heavy atom. The lowest BCUT2D eigenvalue weighted by molar-refractivity contribution is 0.873. The first-order chi connectivity index (χ1) is 15.8. The molecule has 0 spiro atoms. The molecule has 0 bridgehead atoms. The molecule has 32 heavy (non-hydrogen) atoms. The summed E-state index contributed by atoms with van der Waals surface area (Å²) in [7, 11) is 0. The number of hydrogen-bond acceptors (Lipinski definition) is 1. The first-order valence-corrected chi connectivity index (χ1v) is 11.4. The minimum atomic E-state index is 1.13. The smallest absolute Gasteiger partial charge is 0.0702 e. The Balaban J connectivity index is 1.64. The maximum absolute atomic E-state index is 2.52. The molecule has 0 amide bonds. The van der Waals surface area contributed by atoms with Gasteiger partial charge in [-0.2, -0.15) is 0 Å². The lowest BCUT2D eigenvalue weighted by Crippen LogP contribution is -2.13. The van der Waals surface area contributed by atoms with Crippen LogP contribution in [0.3, 0.4) is 0 Å². The average molecular weight is 415 g/mol. The Bertz CT molecular complexity index is 1360. The van der Waals surface area contributed by atoms with E-state index in [0.717, 1.165) is 17.8 Å². The van der Waals surface area contributed by atoms with Gasteiger partial charge in [-0.25, -0.2) is 0 Å². The highest BCUT2D eigenvalue weighted by atomic mass is 15.2. The highest BCUT2D eigenvalue weighted by molar-refractivity contribution is 5.91. The van der Waals surface area contributed by atoms with Gasteiger partial charge in [0.05, 0.1) is 16.9 Å². The third kappa shape index (κ3) is 3.03. The number of anilines is 3. The van der Waals surface area contributed by atoms with Crippen LogP contribution in [0.15, 0.2) is 103 Å². The third-order valence-electron chi connectivity index (χ3n) is 6.57. The number of hydrogen-bond donors (Lipinski definition) is 0. The predicted octanol–water partition coefficient (Wildman–Crippen LogP) is 7.90. The fraction of sp³-hybridized carbons (Fsp3) is 0.133. The van der Waals surface area contributed by atoms with Crippen LogP contribution in [0.4, 0.5) is 17.1 Å². The molecule has 0 fully saturated rings. The van der Waals surface area contributed by atoms with Gasteiger partial charge in [-0.1, -0.05) is 60.2 Å². The molecule has 1 aliphatic rings. The molecule has 0 N–H and O–H groups in total. The van der Waals surface area contributed by atoms with Crippen molar-refractivity contribution in [2.24, 2.45) is 0 Å². The van der Waals surface area contributed by atoms with Crippen molar-refractivity contribution in [3.63, 3.8) is 0 Å². The van der Waals surface area contributed by atoms with Gasteiger partial charge < -0.3 is 9.47 Å². The SMILES string of the molecule is Cc1ccc2c(c1)c1c(n2-c2ccccc2N(c2ccccc2)c2ccccc2)CCC1. The molecule has 2 nitrogen and oxygen atoms in total. The maximum Gasteiger partial charge on any atom is 0.0702 e. The van der Waals surface area contributed by atoms with E-state index in [4.69, 9.17) is 0 Å². The molecule has 1 aromatic heterocycles. The van der Waals surface area contributed by atoms with Gasteiger partial charge in [-0.15, -0.1) is 0 Å². The molecule has 0 radical (unpaired) electrons. The second-order valence-electron chi connectivity index (χ2n) is 8.63. The van der Waals surface area contributed by atoms with E-state index >= 15 is 0 Å². The van der Waals surface area contributed by atoms with Gasteiger partial charge in [0.2, 0.25) is 0 Å². The number of aryl methyl sites for hydroxylation is 2. The summed E-state index contributed by atoms with van der Waals surface area (Å²) >= 11 is 0. The zero-order chi connectivity index (χ0) is 21.5. The quantitative estimate of drug-likeness (QED) is 0.290. The van der Waals surface area contributed by atoms with E-state index in [-0.39, 0.29) is 0 Å². The Labute approximate surface area is 189 Å². The molecule has 0 saturated heterocycles. The Kier molecular flexibility index (Phi) is 4.57. The molecule has 0 saturated carbocycles. The minimum absolute atomic E-state index is 1.13. The van der Waals surface area contributed by atoms with E-state index in [1.54, 1.807) is 0 Å². The molecule has 1 aliphatic carbocycles. The highest BCUT2D eigenvalue weighted by Crippen LogP contribution is 2.42. The zero-order valence-electron chi connectivity index (χ0n) is 18.3. The summed E-state index contributed by atoms with van der Waals surface area (Å²) in [6, 6.07) is 37.1. The lowest BCUT2D eigenvalue weighted by Gasteiger charge is -2.28. The molecular formula is C30H26N2. The van der Waals surface area contributed by atoms with Crippen LogP contribution in [-0.2, 0) is 12.8 Å². The number of rotatable bonds is 4. The summed E-state index contributed by atoms with van der Waals surface area (Å²) in [6.07, 6.45) is 3.54. The van der Waals surface area contributed by atoms with Gasteiger partial charge in [0.15, 0.2) is 0 Å². The van der Waals surface area contributed by atoms with Gasteiger partial charge in [0.1, 0.15) is 0 Å². The van der Waals surface area contributed by atoms with Crippen molar-refractivity contribution in [2.45, 2.75) is 26.2 Å². The van der Waals surface area contributed by atoms with Crippen LogP contribution in [-0.4, -0.2) is 4.57 Å². The molecular weight excluding hydrogens is 388 g/mol. The van der Waals surface area contributed by atoms with Crippen LogP contribution < -0.4 is 4.90 Å². The number of para-hydroxylation sites is 4. The van der Waals surface area contributed by atoms with E-state index in [1.165, 1.54) is 51.9 Å². The summed E-state index contributed by atoms with van der Waals surface area (Å²) in [6.45, 7) is 2.19. The van der Waals surface area contributed by atoms with Gasteiger partial charge >= 0.3 is 0 Å². The minimum Gasteiger partial charge on any atom is -0.311 e. The van der Waals surface area contributed by atoms with Crippen molar-refractivity contribution in [1.82, 2.24) is 4.57 Å². The number of aromatic nitrogens is 1. The molecule has 0 unspecified atom stereocenters. The van der Waals surface area contributed by atoms with Crippen LogP contribution in [0.2, 0.25) is 0 Å². The lowest BCUT2D eigenvalue weighted by atomic mass is 10.1. The van der Waals surface area contributed by atoms with Gasteiger partial charge in [-0.3, -0.25) is 0 Å². The predicted molar refractivity (Wildman–Crippen MR) is 135 cm³/mol. The fourth-order valence-corrected chi connectivity index (χ4v) is 5.20. The summed E-state index contributed by atoms with van der Waals surface area (Å²) in [4.78, 5) is 2.37. The van der Waals surface area contributed by atoms with E-state index in [0.29, 0.717) is 0 Å². The van der Waals surface area contributed by atoms with E-state index in [1.807, 2.05) is 0 Å². The summed E-state index contributed by atoms with van der Waals surface area (Å²) < 4.78 is 2.52. The highest BCUT2D eigenvalue weighted by Gasteiger charge is 2.25. The van der Waals surface area contributed by atoms with Gasteiger partial charge in [0, 0.05) is 22.5 Å². The molecule has 0 aliphatic heterocycles. The van der Waals surface area contributed by atoms with Crippen molar-refractivity contribution < 1.29 is 0 Å². The van der Waals surface area contributed by atoms with Crippen LogP contribution in [0.1, 0.15) is 23.2 Å². The summed E-state index contributed by atoms with van der Waals surface area (Å²) in [5, 5.41) is 1.42. The number of benzene rings is 4. The third-order valence-corrected chi connectivity index (χ3v) is 6.57. The molecule has 4 aromatic carbocycles. The van der Waals surface area contributed by atoms with Crippen LogP contribution in [0.25, 0.3) is 16.6 Å². The topological polar surface area (TPSA) is 8.17 Å². The van der Waals surface area contributed by atoms with Crippen molar-refractivity contribution in [1.29, 1.82) is 0 Å². The second kappa shape index (κ2) is 7.72. The Morgan fingerprint density at radius 1 is 0.688 bits per heavy atom. The molecule has 0 atom stereocenters. The Hall–Kier alpha value is -3.78. The normalized spacial score (nSPS) is 12.8. The molecule has 5 aromatic rings. The molecule has 2 heteroatoms. The summed E-state index contributed by atoms with van der Waals surface area (Å²) in [5.41, 5.74) is 10.4. The number of nitrogens with zero attached hydrogens (tertiary/aromatic N) is 2. The van der Waals surface area contributed by atoms with E-state index in [2.05, 4.69) is 120 Å². The van der Waals surface area contributed by atoms with Crippen molar-refractivity contribution in [3.05, 3.63) is 120 Å². The van der Waals surface area contributed by atoms with Crippen LogP contribution in [0, 0.1) is 6.92 Å². The monoisotopic (exact) mass is 414 g/mol. The van der Waals surface area contributed by atoms with Gasteiger partial charge in [0.25, 0.3) is 0 Å². The Morgan fingerprint density at radius 2 is 1.34 bits per heavy atom. The summed E-state index contributed by atoms with van der Waals surface area (Å²) in [5.74, 6) is 0. The second-order valence-corrected chi connectivity index (χ2v) is 8.63. The van der Waals surface area contributed by atoms with Crippen molar-refractivity contribution in [3.8, 4) is 5.69 Å². The number of fused-ring (bicyclic) bond motifs is 3. The van der Waals surface area contributed by atoms with Crippen molar-refractivity contribution in [2.75, 3.05) is 4.90 Å². The van der Waals surface area contributed by atoms with Gasteiger partial charge in [-0.05, 0) is 80.3 Å². The maximum atomic E-state index is 2.52. The first kappa shape index (κ1) is 18.9. The fourth-order valence-electron chi connectivity index (χ4n) is 5.20. The van der Waals surface area contributed by atoms with Crippen LogP contribution in [0.5, 0.6) is 0 Å². The molecule has 1 heterocycles. The zero-order valence-corrected chi connectivity index (χ0v) is 18.3. The van der Waals surface area contributed by atoms with E-state index in [9.17, 15) is 0 Å². The largest absolute Gasteiger partial charge is 0.311 e. The molecule has 156 valence electrons.